The van der Waals surface area contributed by atoms with E-state index in [1.165, 1.54) is 6.92 Å². The fourth-order valence-electron chi connectivity index (χ4n) is 2.02. The molecule has 0 bridgehead atoms. The molecule has 0 heterocycles. The second-order valence-corrected chi connectivity index (χ2v) is 5.74. The smallest absolute Gasteiger partial charge is 0.161 e. The lowest BCUT2D eigenvalue weighted by molar-refractivity contribution is -0.113. The second kappa shape index (κ2) is 12.7. The highest BCUT2D eigenvalue weighted by molar-refractivity contribution is 6.31. The van der Waals surface area contributed by atoms with E-state index >= 15 is 0 Å². The molecule has 0 aromatic rings. The quantitative estimate of drug-likeness (QED) is 0.331. The number of aliphatic hydroxyl groups excluding tert-OH is 1. The van der Waals surface area contributed by atoms with E-state index in [0.29, 0.717) is 29.2 Å². The Hall–Kier alpha value is -1.71. The van der Waals surface area contributed by atoms with Crippen LogP contribution in [0.25, 0.3) is 0 Å². The molecule has 0 aliphatic rings. The van der Waals surface area contributed by atoms with Crippen LogP contribution in [0, 0.1) is 0 Å². The molecule has 0 radical (unpaired) electrons. The predicted octanol–water partition coefficient (Wildman–Crippen LogP) is 5.28. The molecule has 1 unspecified atom stereocenters. The number of ketones is 1. The fourth-order valence-corrected chi connectivity index (χ4v) is 2.24. The first-order valence-corrected chi connectivity index (χ1v) is 8.51. The maximum atomic E-state index is 11.7. The Bertz CT molecular complexity index is 580. The normalized spacial score (nSPS) is 15.3. The number of carbonyl (C=O) groups is 1. The monoisotopic (exact) mass is 349 g/mol. The maximum absolute atomic E-state index is 11.7. The van der Waals surface area contributed by atoms with Gasteiger partial charge < -0.3 is 5.11 Å². The summed E-state index contributed by atoms with van der Waals surface area (Å²) in [4.78, 5) is 16.0. The summed E-state index contributed by atoms with van der Waals surface area (Å²) in [5.74, 6) is -0.116. The number of allylic oxidation sites excluding steroid dienone is 7. The summed E-state index contributed by atoms with van der Waals surface area (Å²) in [6.07, 6.45) is 11.6. The molecule has 0 saturated carbocycles. The van der Waals surface area contributed by atoms with Crippen LogP contribution in [0.2, 0.25) is 0 Å². The van der Waals surface area contributed by atoms with Crippen LogP contribution in [-0.4, -0.2) is 22.7 Å². The van der Waals surface area contributed by atoms with Gasteiger partial charge in [0.1, 0.15) is 0 Å². The zero-order valence-electron chi connectivity index (χ0n) is 15.1. The molecule has 0 aliphatic heterocycles. The highest BCUT2D eigenvalue weighted by Crippen LogP contribution is 2.15. The maximum Gasteiger partial charge on any atom is 0.161 e. The number of rotatable bonds is 10. The van der Waals surface area contributed by atoms with Crippen LogP contribution in [0.1, 0.15) is 47.0 Å². The van der Waals surface area contributed by atoms with Gasteiger partial charge in [0, 0.05) is 16.8 Å². The number of carbonyl (C=O) groups excluding carboxylic acids is 1. The van der Waals surface area contributed by atoms with Gasteiger partial charge in [0.15, 0.2) is 5.78 Å². The Kier molecular flexibility index (Phi) is 11.8. The number of aliphatic imine (C=N–C) groups is 1. The van der Waals surface area contributed by atoms with Crippen molar-refractivity contribution in [2.24, 2.45) is 4.99 Å². The molecule has 0 amide bonds. The first kappa shape index (κ1) is 22.3. The lowest BCUT2D eigenvalue weighted by Crippen LogP contribution is -2.25. The molecule has 3 nitrogen and oxygen atoms in total. The first-order valence-electron chi connectivity index (χ1n) is 8.13. The summed E-state index contributed by atoms with van der Waals surface area (Å²) in [7, 11) is 0. The molecule has 0 saturated heterocycles. The molecule has 0 fully saturated rings. The van der Waals surface area contributed by atoms with Crippen molar-refractivity contribution in [3.63, 3.8) is 0 Å². The summed E-state index contributed by atoms with van der Waals surface area (Å²) in [6, 6.07) is 0. The molecular weight excluding hydrogens is 322 g/mol. The molecule has 132 valence electrons. The third kappa shape index (κ3) is 8.80. The number of halogens is 1. The molecule has 1 N–H and O–H groups in total. The van der Waals surface area contributed by atoms with Crippen molar-refractivity contribution < 1.29 is 9.90 Å². The molecule has 0 aromatic heterocycles. The molecule has 4 heteroatoms. The predicted molar refractivity (Wildman–Crippen MR) is 104 cm³/mol. The third-order valence-corrected chi connectivity index (χ3v) is 3.52. The summed E-state index contributed by atoms with van der Waals surface area (Å²) < 4.78 is 0. The van der Waals surface area contributed by atoms with Gasteiger partial charge in [0.05, 0.1) is 11.8 Å². The lowest BCUT2D eigenvalue weighted by atomic mass is 9.97. The van der Waals surface area contributed by atoms with Crippen molar-refractivity contribution in [2.75, 3.05) is 0 Å². The lowest BCUT2D eigenvalue weighted by Gasteiger charge is -2.15. The van der Waals surface area contributed by atoms with Crippen molar-refractivity contribution in [2.45, 2.75) is 53.1 Å². The number of hydrogen-bond donors (Lipinski definition) is 1. The Balaban J connectivity index is 4.97. The molecule has 24 heavy (non-hydrogen) atoms. The average molecular weight is 350 g/mol. The number of Topliss-reactive ketones (excluding diaryl/α,β-unsaturated/α-hetero) is 1. The van der Waals surface area contributed by atoms with Gasteiger partial charge in [0.25, 0.3) is 0 Å². The van der Waals surface area contributed by atoms with Crippen LogP contribution in [0.3, 0.4) is 0 Å². The Morgan fingerprint density at radius 3 is 2.50 bits per heavy atom. The van der Waals surface area contributed by atoms with Crippen molar-refractivity contribution in [1.82, 2.24) is 0 Å². The zero-order valence-corrected chi connectivity index (χ0v) is 15.8. The van der Waals surface area contributed by atoms with Crippen molar-refractivity contribution >= 4 is 23.1 Å². The van der Waals surface area contributed by atoms with Crippen LogP contribution in [0.15, 0.2) is 64.3 Å². The highest BCUT2D eigenvalue weighted by atomic mass is 35.5. The van der Waals surface area contributed by atoms with Gasteiger partial charge in [-0.05, 0) is 46.1 Å². The summed E-state index contributed by atoms with van der Waals surface area (Å²) in [5, 5.41) is 11.1. The van der Waals surface area contributed by atoms with Crippen LogP contribution < -0.4 is 0 Å². The SMILES string of the molecule is C=C(/C=C\C(Cl)=C/CC)CCC(O)/C(=N/C=C\C)C(=CC)C(C)=O. The van der Waals surface area contributed by atoms with Crippen molar-refractivity contribution in [1.29, 1.82) is 0 Å². The van der Waals surface area contributed by atoms with Crippen molar-refractivity contribution in [3.8, 4) is 0 Å². The Morgan fingerprint density at radius 1 is 1.33 bits per heavy atom. The topological polar surface area (TPSA) is 49.7 Å². The first-order chi connectivity index (χ1) is 11.4. The minimum Gasteiger partial charge on any atom is -0.387 e. The standard InChI is InChI=1S/C20H28ClNO2/c1-6-9-17(21)12-10-15(4)11-13-19(24)20(22-14-7-2)18(8-3)16(5)23/h7-10,12,14,19,24H,4,6,11,13H2,1-3,5H3/b12-10-,14-7-,17-9+,18-8?,22-20+. The average Bonchev–Trinajstić information content (AvgIpc) is 2.54. The minimum absolute atomic E-state index is 0.116. The zero-order chi connectivity index (χ0) is 18.5. The number of nitrogens with zero attached hydrogens (tertiary/aromatic N) is 1. The van der Waals surface area contributed by atoms with Crippen LogP contribution in [0.5, 0.6) is 0 Å². The van der Waals surface area contributed by atoms with Gasteiger partial charge in [-0.2, -0.15) is 0 Å². The number of hydrogen-bond acceptors (Lipinski definition) is 3. The molecule has 0 rings (SSSR count). The van der Waals surface area contributed by atoms with E-state index in [4.69, 9.17) is 11.6 Å². The fraction of sp³-hybridized carbons (Fsp3) is 0.400. The largest absolute Gasteiger partial charge is 0.387 e. The third-order valence-electron chi connectivity index (χ3n) is 3.24. The van der Waals surface area contributed by atoms with Gasteiger partial charge in [-0.25, -0.2) is 0 Å². The summed E-state index contributed by atoms with van der Waals surface area (Å²) in [5.41, 5.74) is 1.69. The molecule has 0 aliphatic carbocycles. The number of aliphatic hydroxyl groups is 1. The molecular formula is C20H28ClNO2. The van der Waals surface area contributed by atoms with Gasteiger partial charge in [0.2, 0.25) is 0 Å². The van der Waals surface area contributed by atoms with E-state index in [2.05, 4.69) is 11.6 Å². The van der Waals surface area contributed by atoms with E-state index in [9.17, 15) is 9.90 Å². The van der Waals surface area contributed by atoms with E-state index in [0.717, 1.165) is 12.0 Å². The van der Waals surface area contributed by atoms with Crippen LogP contribution in [0.4, 0.5) is 0 Å². The van der Waals surface area contributed by atoms with E-state index in [1.807, 2.05) is 26.0 Å². The Labute approximate surface area is 150 Å². The van der Waals surface area contributed by atoms with Crippen LogP contribution in [-0.2, 0) is 4.79 Å². The van der Waals surface area contributed by atoms with Gasteiger partial charge in [-0.1, -0.05) is 55.0 Å². The Morgan fingerprint density at radius 2 is 2.00 bits per heavy atom. The van der Waals surface area contributed by atoms with E-state index in [-0.39, 0.29) is 5.78 Å². The summed E-state index contributed by atoms with van der Waals surface area (Å²) >= 11 is 6.00. The summed E-state index contributed by atoms with van der Waals surface area (Å²) in [6.45, 7) is 11.0. The second-order valence-electron chi connectivity index (χ2n) is 5.30. The van der Waals surface area contributed by atoms with E-state index in [1.54, 1.807) is 31.4 Å². The molecule has 0 spiro atoms. The molecule has 1 atom stereocenters. The van der Waals surface area contributed by atoms with Crippen molar-refractivity contribution in [3.05, 3.63) is 59.3 Å². The minimum atomic E-state index is -0.830. The van der Waals surface area contributed by atoms with Crippen LogP contribution >= 0.6 is 11.6 Å². The highest BCUT2D eigenvalue weighted by Gasteiger charge is 2.19. The van der Waals surface area contributed by atoms with Gasteiger partial charge in [-0.15, -0.1) is 0 Å². The van der Waals surface area contributed by atoms with E-state index < -0.39 is 6.10 Å². The van der Waals surface area contributed by atoms with Gasteiger partial charge in [-0.3, -0.25) is 9.79 Å². The molecule has 0 aromatic carbocycles. The van der Waals surface area contributed by atoms with Gasteiger partial charge >= 0.3 is 0 Å².